The maximum Gasteiger partial charge on any atom is 0.411 e. The summed E-state index contributed by atoms with van der Waals surface area (Å²) in [6.45, 7) is 10.2. The van der Waals surface area contributed by atoms with Gasteiger partial charge >= 0.3 is 6.09 Å². The molecule has 10 heteroatoms. The number of aromatic nitrogens is 2. The van der Waals surface area contributed by atoms with Crippen LogP contribution in [0.15, 0.2) is 18.5 Å². The van der Waals surface area contributed by atoms with Crippen molar-refractivity contribution in [3.8, 4) is 0 Å². The molecule has 3 saturated heterocycles. The smallest absolute Gasteiger partial charge is 0.411 e. The van der Waals surface area contributed by atoms with E-state index < -0.39 is 17.7 Å². The molecule has 2 atom stereocenters. The van der Waals surface area contributed by atoms with Crippen LogP contribution in [0.1, 0.15) is 27.2 Å². The Morgan fingerprint density at radius 3 is 2.42 bits per heavy atom. The zero-order valence-electron chi connectivity index (χ0n) is 18.6. The normalized spacial score (nSPS) is 25.2. The topological polar surface area (TPSA) is 82.1 Å². The molecule has 9 nitrogen and oxygen atoms in total. The van der Waals surface area contributed by atoms with Crippen molar-refractivity contribution < 1.29 is 14.3 Å². The number of rotatable bonds is 3. The van der Waals surface area contributed by atoms with Crippen molar-refractivity contribution in [2.75, 3.05) is 55.8 Å². The molecule has 0 spiro atoms. The number of anilines is 1. The molecule has 170 valence electrons. The number of thioether (sulfide) groups is 1. The van der Waals surface area contributed by atoms with Crippen molar-refractivity contribution in [1.82, 2.24) is 24.7 Å². The molecule has 1 aromatic rings. The molecule has 31 heavy (non-hydrogen) atoms. The summed E-state index contributed by atoms with van der Waals surface area (Å²) in [5, 5.41) is 0. The van der Waals surface area contributed by atoms with E-state index in [1.165, 1.54) is 0 Å². The van der Waals surface area contributed by atoms with Crippen molar-refractivity contribution in [3.05, 3.63) is 18.5 Å². The van der Waals surface area contributed by atoms with Crippen molar-refractivity contribution in [3.63, 3.8) is 0 Å². The highest BCUT2D eigenvalue weighted by molar-refractivity contribution is 7.99. The van der Waals surface area contributed by atoms with E-state index in [-0.39, 0.29) is 11.9 Å². The minimum Gasteiger partial charge on any atom is -0.444 e. The van der Waals surface area contributed by atoms with Crippen LogP contribution in [-0.4, -0.2) is 105 Å². The lowest BCUT2D eigenvalue weighted by molar-refractivity contribution is -0.134. The van der Waals surface area contributed by atoms with E-state index in [1.54, 1.807) is 29.1 Å². The van der Waals surface area contributed by atoms with Crippen LogP contribution >= 0.6 is 11.8 Å². The minimum atomic E-state index is -0.590. The first kappa shape index (κ1) is 22.1. The molecule has 0 unspecified atom stereocenters. The molecule has 1 aromatic heterocycles. The lowest BCUT2D eigenvalue weighted by Gasteiger charge is -2.37. The number of amides is 2. The zero-order chi connectivity index (χ0) is 22.0. The maximum atomic E-state index is 13.2. The van der Waals surface area contributed by atoms with Gasteiger partial charge in [0.25, 0.3) is 0 Å². The highest BCUT2D eigenvalue weighted by Gasteiger charge is 2.45. The average Bonchev–Trinajstić information content (AvgIpc) is 3.43. The van der Waals surface area contributed by atoms with Gasteiger partial charge in [-0.3, -0.25) is 14.6 Å². The molecule has 0 aromatic carbocycles. The summed E-state index contributed by atoms with van der Waals surface area (Å²) in [5.41, 5.74) is -0.590. The van der Waals surface area contributed by atoms with Gasteiger partial charge in [0.05, 0.1) is 5.88 Å². The van der Waals surface area contributed by atoms with Gasteiger partial charge in [0, 0.05) is 63.5 Å². The van der Waals surface area contributed by atoms with Crippen molar-refractivity contribution in [2.24, 2.45) is 0 Å². The predicted octanol–water partition coefficient (Wildman–Crippen LogP) is 1.51. The van der Waals surface area contributed by atoms with Gasteiger partial charge in [-0.15, -0.1) is 11.8 Å². The summed E-state index contributed by atoms with van der Waals surface area (Å²) in [4.78, 5) is 43.0. The van der Waals surface area contributed by atoms with Crippen LogP contribution in [0, 0.1) is 0 Å². The molecule has 3 aliphatic heterocycles. The highest BCUT2D eigenvalue weighted by atomic mass is 32.2. The standard InChI is InChI=1S/C21H32N6O3S/c1-21(2,3)30-20(29)27-14-16(13-17(27)18(28)26-11-12-31-15-26)24-7-9-25(10-8-24)19-22-5-4-6-23-19/h4-6,16-17H,7-15H2,1-3H3/t16-,17-/m0/s1. The third-order valence-electron chi connectivity index (χ3n) is 5.92. The number of likely N-dealkylation sites (tertiary alicyclic amines) is 1. The molecule has 0 aliphatic carbocycles. The van der Waals surface area contributed by atoms with Gasteiger partial charge in [-0.2, -0.15) is 0 Å². The zero-order valence-corrected chi connectivity index (χ0v) is 19.4. The lowest BCUT2D eigenvalue weighted by Crippen LogP contribution is -2.51. The van der Waals surface area contributed by atoms with E-state index in [2.05, 4.69) is 19.8 Å². The first-order valence-corrected chi connectivity index (χ1v) is 12.1. The number of hydrogen-bond donors (Lipinski definition) is 0. The Bertz CT molecular complexity index is 775. The summed E-state index contributed by atoms with van der Waals surface area (Å²) >= 11 is 1.76. The van der Waals surface area contributed by atoms with E-state index in [4.69, 9.17) is 4.74 Å². The highest BCUT2D eigenvalue weighted by Crippen LogP contribution is 2.28. The largest absolute Gasteiger partial charge is 0.444 e. The van der Waals surface area contributed by atoms with Crippen LogP contribution in [0.3, 0.4) is 0 Å². The van der Waals surface area contributed by atoms with Gasteiger partial charge in [0.1, 0.15) is 11.6 Å². The monoisotopic (exact) mass is 448 g/mol. The fourth-order valence-electron chi connectivity index (χ4n) is 4.37. The van der Waals surface area contributed by atoms with Gasteiger partial charge in [-0.25, -0.2) is 14.8 Å². The van der Waals surface area contributed by atoms with Crippen LogP contribution in [-0.2, 0) is 9.53 Å². The van der Waals surface area contributed by atoms with Crippen LogP contribution < -0.4 is 4.90 Å². The first-order chi connectivity index (χ1) is 14.8. The van der Waals surface area contributed by atoms with Gasteiger partial charge in [0.15, 0.2) is 0 Å². The Hall–Kier alpha value is -2.07. The predicted molar refractivity (Wildman–Crippen MR) is 120 cm³/mol. The summed E-state index contributed by atoms with van der Waals surface area (Å²) in [7, 11) is 0. The molecule has 0 bridgehead atoms. The van der Waals surface area contributed by atoms with Crippen molar-refractivity contribution >= 4 is 29.7 Å². The average molecular weight is 449 g/mol. The van der Waals surface area contributed by atoms with Gasteiger partial charge in [-0.1, -0.05) is 0 Å². The molecular weight excluding hydrogens is 416 g/mol. The number of carbonyl (C=O) groups excluding carboxylic acids is 2. The fourth-order valence-corrected chi connectivity index (χ4v) is 5.33. The number of ether oxygens (including phenoxy) is 1. The summed E-state index contributed by atoms with van der Waals surface area (Å²) in [5.74, 6) is 2.47. The van der Waals surface area contributed by atoms with E-state index >= 15 is 0 Å². The van der Waals surface area contributed by atoms with Crippen LogP contribution in [0.2, 0.25) is 0 Å². The van der Waals surface area contributed by atoms with Gasteiger partial charge in [0.2, 0.25) is 11.9 Å². The number of nitrogens with zero attached hydrogens (tertiary/aromatic N) is 6. The molecule has 4 heterocycles. The molecule has 3 fully saturated rings. The molecule has 3 aliphatic rings. The Kier molecular flexibility index (Phi) is 6.57. The molecular formula is C21H32N6O3S. The second-order valence-corrected chi connectivity index (χ2v) is 10.3. The number of hydrogen-bond acceptors (Lipinski definition) is 8. The second-order valence-electron chi connectivity index (χ2n) is 9.25. The summed E-state index contributed by atoms with van der Waals surface area (Å²) < 4.78 is 5.64. The molecule has 0 saturated carbocycles. The Morgan fingerprint density at radius 1 is 1.10 bits per heavy atom. The third-order valence-corrected chi connectivity index (χ3v) is 6.89. The Morgan fingerprint density at radius 2 is 1.81 bits per heavy atom. The summed E-state index contributed by atoms with van der Waals surface area (Å²) in [6.07, 6.45) is 3.78. The molecule has 2 amide bonds. The Labute approximate surface area is 188 Å². The quantitative estimate of drug-likeness (QED) is 0.688. The number of carbonyl (C=O) groups is 2. The van der Waals surface area contributed by atoms with Gasteiger partial charge < -0.3 is 14.5 Å². The molecule has 0 radical (unpaired) electrons. The van der Waals surface area contributed by atoms with Crippen LogP contribution in [0.25, 0.3) is 0 Å². The molecule has 0 N–H and O–H groups in total. The van der Waals surface area contributed by atoms with Crippen LogP contribution in [0.4, 0.5) is 10.7 Å². The lowest BCUT2D eigenvalue weighted by atomic mass is 10.1. The van der Waals surface area contributed by atoms with Crippen LogP contribution in [0.5, 0.6) is 0 Å². The fraction of sp³-hybridized carbons (Fsp3) is 0.714. The van der Waals surface area contributed by atoms with E-state index in [1.807, 2.05) is 31.7 Å². The third kappa shape index (κ3) is 5.23. The van der Waals surface area contributed by atoms with Crippen molar-refractivity contribution in [1.29, 1.82) is 0 Å². The van der Waals surface area contributed by atoms with E-state index in [9.17, 15) is 9.59 Å². The second kappa shape index (κ2) is 9.20. The SMILES string of the molecule is CC(C)(C)OC(=O)N1C[C@@H](N2CCN(c3ncccn3)CC2)C[C@H]1C(=O)N1CCSC1. The number of piperazine rings is 1. The van der Waals surface area contributed by atoms with E-state index in [0.717, 1.165) is 44.4 Å². The first-order valence-electron chi connectivity index (χ1n) is 10.9. The van der Waals surface area contributed by atoms with Crippen molar-refractivity contribution in [2.45, 2.75) is 44.9 Å². The van der Waals surface area contributed by atoms with E-state index in [0.29, 0.717) is 18.8 Å². The summed E-state index contributed by atoms with van der Waals surface area (Å²) in [6, 6.07) is 1.52. The minimum absolute atomic E-state index is 0.0506. The van der Waals surface area contributed by atoms with Gasteiger partial charge in [-0.05, 0) is 33.3 Å². The Balaban J connectivity index is 1.43. The molecule has 4 rings (SSSR count). The maximum absolute atomic E-state index is 13.2.